The Kier molecular flexibility index (Phi) is 6.20. The van der Waals surface area contributed by atoms with E-state index in [2.05, 4.69) is 15.4 Å². The van der Waals surface area contributed by atoms with Crippen molar-refractivity contribution >= 4 is 39.9 Å². The molecule has 0 saturated carbocycles. The van der Waals surface area contributed by atoms with Crippen LogP contribution in [-0.4, -0.2) is 53.5 Å². The molecular formula is C26H19ClF3N5O4S. The second-order valence-electron chi connectivity index (χ2n) is 9.42. The van der Waals surface area contributed by atoms with E-state index in [0.717, 1.165) is 12.1 Å². The Morgan fingerprint density at radius 3 is 2.52 bits per heavy atom. The predicted molar refractivity (Wildman–Crippen MR) is 140 cm³/mol. The van der Waals surface area contributed by atoms with Gasteiger partial charge in [0.2, 0.25) is 5.91 Å². The molecule has 40 heavy (non-hydrogen) atoms. The van der Waals surface area contributed by atoms with Crippen LogP contribution in [0, 0.1) is 0 Å². The van der Waals surface area contributed by atoms with Gasteiger partial charge in [-0.1, -0.05) is 41.9 Å². The number of nitrogens with one attached hydrogen (secondary N) is 1. The van der Waals surface area contributed by atoms with E-state index in [-0.39, 0.29) is 23.4 Å². The van der Waals surface area contributed by atoms with Crippen LogP contribution in [0.25, 0.3) is 28.0 Å². The van der Waals surface area contributed by atoms with Crippen molar-refractivity contribution in [3.63, 3.8) is 0 Å². The average molecular weight is 590 g/mol. The number of amides is 2. The van der Waals surface area contributed by atoms with Gasteiger partial charge in [0.15, 0.2) is 11.1 Å². The zero-order valence-corrected chi connectivity index (χ0v) is 21.9. The summed E-state index contributed by atoms with van der Waals surface area (Å²) in [6.45, 7) is 0. The summed E-state index contributed by atoms with van der Waals surface area (Å²) < 4.78 is 58.6. The number of benzene rings is 2. The standard InChI is InChI=1S/C26H19ClF3N5O4S/c27-18-4-2-1-3-15(18)16-11-32-21-17(22(36)34-25(24(31)37)9-10-40(38)23-20(25)39-23)12-33-35(21)19(16)13-5-7-14(8-6-13)26(28,29)30/h1-8,11-12,20,23H,9-10H2,(H2,31,37)(H,34,36). The molecule has 0 aliphatic carbocycles. The molecule has 4 aromatic rings. The molecule has 4 atom stereocenters. The molecule has 0 bridgehead atoms. The first-order valence-electron chi connectivity index (χ1n) is 12.0. The molecule has 2 aliphatic heterocycles. The molecular weight excluding hydrogens is 571 g/mol. The summed E-state index contributed by atoms with van der Waals surface area (Å²) in [5, 5.41) is 7.38. The van der Waals surface area contributed by atoms with Crippen LogP contribution in [0.2, 0.25) is 5.02 Å². The molecule has 3 N–H and O–H groups in total. The minimum absolute atomic E-state index is 0.0107. The van der Waals surface area contributed by atoms with Gasteiger partial charge in [0.25, 0.3) is 5.91 Å². The molecule has 4 heterocycles. The Bertz CT molecular complexity index is 1710. The molecule has 2 aromatic carbocycles. The van der Waals surface area contributed by atoms with Crippen LogP contribution in [0.5, 0.6) is 0 Å². The first kappa shape index (κ1) is 26.4. The number of fused-ring (bicyclic) bond motifs is 2. The van der Waals surface area contributed by atoms with Crippen LogP contribution in [0.3, 0.4) is 0 Å². The molecule has 6 rings (SSSR count). The van der Waals surface area contributed by atoms with Gasteiger partial charge in [0, 0.05) is 33.7 Å². The maximum Gasteiger partial charge on any atom is 0.416 e. The van der Waals surface area contributed by atoms with Crippen molar-refractivity contribution in [2.24, 2.45) is 5.73 Å². The van der Waals surface area contributed by atoms with Crippen LogP contribution < -0.4 is 11.1 Å². The average Bonchev–Trinajstić information content (AvgIpc) is 3.63. The highest BCUT2D eigenvalue weighted by Crippen LogP contribution is 2.42. The molecule has 2 fully saturated rings. The van der Waals surface area contributed by atoms with E-state index in [1.807, 2.05) is 0 Å². The van der Waals surface area contributed by atoms with Crippen LogP contribution in [0.15, 0.2) is 60.9 Å². The second-order valence-corrected chi connectivity index (χ2v) is 11.5. The van der Waals surface area contributed by atoms with E-state index >= 15 is 0 Å². The second kappa shape index (κ2) is 9.39. The monoisotopic (exact) mass is 589 g/mol. The number of nitrogens with two attached hydrogens (primary N) is 1. The van der Waals surface area contributed by atoms with Crippen molar-refractivity contribution in [2.45, 2.75) is 29.7 Å². The summed E-state index contributed by atoms with van der Waals surface area (Å²) in [5.41, 5.74) is 4.38. The van der Waals surface area contributed by atoms with Crippen molar-refractivity contribution in [3.8, 4) is 22.4 Å². The molecule has 0 radical (unpaired) electrons. The third kappa shape index (κ3) is 4.25. The van der Waals surface area contributed by atoms with Gasteiger partial charge >= 0.3 is 6.18 Å². The number of primary amides is 1. The SMILES string of the molecule is NC(=O)C1(NC(=O)c2cnn3c(-c4ccc(C(F)(F)F)cc4)c(-c4ccccc4Cl)cnc23)CCS(=O)C2OC21. The van der Waals surface area contributed by atoms with Gasteiger partial charge in [-0.05, 0) is 24.6 Å². The molecule has 14 heteroatoms. The molecule has 9 nitrogen and oxygen atoms in total. The lowest BCUT2D eigenvalue weighted by atomic mass is 9.90. The Balaban J connectivity index is 1.46. The van der Waals surface area contributed by atoms with Gasteiger partial charge < -0.3 is 15.8 Å². The van der Waals surface area contributed by atoms with Crippen LogP contribution in [0.4, 0.5) is 13.2 Å². The number of aromatic nitrogens is 3. The van der Waals surface area contributed by atoms with Crippen molar-refractivity contribution in [1.82, 2.24) is 19.9 Å². The number of alkyl halides is 3. The molecule has 2 saturated heterocycles. The Morgan fingerprint density at radius 2 is 1.85 bits per heavy atom. The zero-order chi connectivity index (χ0) is 28.4. The van der Waals surface area contributed by atoms with Crippen molar-refractivity contribution in [3.05, 3.63) is 77.1 Å². The number of rotatable bonds is 5. The largest absolute Gasteiger partial charge is 0.416 e. The summed E-state index contributed by atoms with van der Waals surface area (Å²) in [6.07, 6.45) is -2.62. The highest BCUT2D eigenvalue weighted by atomic mass is 35.5. The molecule has 4 unspecified atom stereocenters. The van der Waals surface area contributed by atoms with Crippen molar-refractivity contribution in [2.75, 3.05) is 5.75 Å². The summed E-state index contributed by atoms with van der Waals surface area (Å²) in [5.74, 6) is -1.41. The predicted octanol–water partition coefficient (Wildman–Crippen LogP) is 3.57. The van der Waals surface area contributed by atoms with Gasteiger partial charge in [-0.25, -0.2) is 9.50 Å². The van der Waals surface area contributed by atoms with Crippen LogP contribution in [0.1, 0.15) is 22.3 Å². The summed E-state index contributed by atoms with van der Waals surface area (Å²) in [4.78, 5) is 30.4. The summed E-state index contributed by atoms with van der Waals surface area (Å²) in [6, 6.07) is 11.4. The van der Waals surface area contributed by atoms with E-state index in [0.29, 0.717) is 27.4 Å². The molecule has 2 aromatic heterocycles. The molecule has 0 spiro atoms. The fourth-order valence-electron chi connectivity index (χ4n) is 4.96. The minimum atomic E-state index is -4.53. The highest BCUT2D eigenvalue weighted by molar-refractivity contribution is 7.85. The molecule has 2 aliphatic rings. The maximum atomic E-state index is 13.5. The third-order valence-corrected chi connectivity index (χ3v) is 8.90. The summed E-state index contributed by atoms with van der Waals surface area (Å²) in [7, 11) is -1.29. The number of hydrogen-bond acceptors (Lipinski definition) is 6. The van der Waals surface area contributed by atoms with E-state index in [1.54, 1.807) is 24.3 Å². The lowest BCUT2D eigenvalue weighted by Crippen LogP contribution is -2.64. The summed E-state index contributed by atoms with van der Waals surface area (Å²) >= 11 is 6.44. The van der Waals surface area contributed by atoms with Crippen LogP contribution >= 0.6 is 11.6 Å². The van der Waals surface area contributed by atoms with Gasteiger partial charge in [0.05, 0.1) is 28.3 Å². The first-order chi connectivity index (χ1) is 19.0. The fraction of sp³-hybridized carbons (Fsp3) is 0.231. The van der Waals surface area contributed by atoms with E-state index in [1.165, 1.54) is 29.0 Å². The fourth-order valence-corrected chi connectivity index (χ4v) is 6.70. The number of carbonyl (C=O) groups is 2. The third-order valence-electron chi connectivity index (χ3n) is 7.09. The number of halogens is 4. The Morgan fingerprint density at radius 1 is 1.12 bits per heavy atom. The van der Waals surface area contributed by atoms with Gasteiger partial charge in [-0.3, -0.25) is 13.8 Å². The topological polar surface area (TPSA) is 132 Å². The number of hydrogen-bond donors (Lipinski definition) is 2. The normalized spacial score (nSPS) is 23.9. The molecule has 206 valence electrons. The van der Waals surface area contributed by atoms with Gasteiger partial charge in [-0.15, -0.1) is 0 Å². The lowest BCUT2D eigenvalue weighted by Gasteiger charge is -2.32. The maximum absolute atomic E-state index is 13.5. The zero-order valence-electron chi connectivity index (χ0n) is 20.3. The molecule has 2 amide bonds. The number of ether oxygens (including phenoxy) is 1. The van der Waals surface area contributed by atoms with E-state index in [4.69, 9.17) is 22.1 Å². The highest BCUT2D eigenvalue weighted by Gasteiger charge is 2.64. The Labute approximate surface area is 231 Å². The Hall–Kier alpha value is -3.81. The number of carbonyl (C=O) groups excluding carboxylic acids is 2. The van der Waals surface area contributed by atoms with Gasteiger partial charge in [0.1, 0.15) is 17.2 Å². The smallest absolute Gasteiger partial charge is 0.368 e. The lowest BCUT2D eigenvalue weighted by molar-refractivity contribution is -0.137. The first-order valence-corrected chi connectivity index (χ1v) is 13.7. The van der Waals surface area contributed by atoms with Crippen LogP contribution in [-0.2, 0) is 26.5 Å². The van der Waals surface area contributed by atoms with Crippen molar-refractivity contribution < 1.29 is 31.7 Å². The number of nitrogens with zero attached hydrogens (tertiary/aromatic N) is 3. The minimum Gasteiger partial charge on any atom is -0.368 e. The number of epoxide rings is 1. The van der Waals surface area contributed by atoms with E-state index in [9.17, 15) is 27.0 Å². The quantitative estimate of drug-likeness (QED) is 0.342. The van der Waals surface area contributed by atoms with E-state index < -0.39 is 51.4 Å². The van der Waals surface area contributed by atoms with Crippen molar-refractivity contribution in [1.29, 1.82) is 0 Å². The van der Waals surface area contributed by atoms with Gasteiger partial charge in [-0.2, -0.15) is 18.3 Å².